The van der Waals surface area contributed by atoms with Crippen LogP contribution in [0.25, 0.3) is 11.1 Å². The van der Waals surface area contributed by atoms with Crippen LogP contribution in [0.1, 0.15) is 0 Å². The third-order valence-corrected chi connectivity index (χ3v) is 3.91. The summed E-state index contributed by atoms with van der Waals surface area (Å²) >= 11 is 0. The predicted molar refractivity (Wildman–Crippen MR) is 109 cm³/mol. The van der Waals surface area contributed by atoms with Crippen molar-refractivity contribution in [2.75, 3.05) is 61.1 Å². The molecule has 0 fully saturated rings. The number of hydrogen-bond donors (Lipinski definition) is 8. The summed E-state index contributed by atoms with van der Waals surface area (Å²) in [6.07, 6.45) is -0.866. The zero-order valence-corrected chi connectivity index (χ0v) is 15.2. The number of nitrogen functional groups attached to an aromatic ring is 1. The van der Waals surface area contributed by atoms with Crippen LogP contribution < -0.4 is 21.7 Å². The molecule has 0 aliphatic heterocycles. The maximum Gasteiger partial charge on any atom is 0.0942 e. The number of nitrogens with one attached hydrogen (secondary N) is 3. The standard InChI is InChI=1S/C19H28N4O4/c20-14-1-2-19(23-11-17(27)12-26)18(9-14)13-7-15(21-3-5-24)10-16(8-13)22-4-6-25/h1-2,7-10,17,21-27H,3-6,11-12,20H2. The van der Waals surface area contributed by atoms with Gasteiger partial charge < -0.3 is 42.1 Å². The van der Waals surface area contributed by atoms with Gasteiger partial charge in [-0.25, -0.2) is 0 Å². The largest absolute Gasteiger partial charge is 0.399 e. The van der Waals surface area contributed by atoms with Gasteiger partial charge in [-0.2, -0.15) is 0 Å². The lowest BCUT2D eigenvalue weighted by atomic mass is 10.0. The first-order valence-corrected chi connectivity index (χ1v) is 8.84. The van der Waals surface area contributed by atoms with Gasteiger partial charge in [0.25, 0.3) is 0 Å². The molecule has 0 heterocycles. The van der Waals surface area contributed by atoms with Gasteiger partial charge in [0.1, 0.15) is 0 Å². The van der Waals surface area contributed by atoms with E-state index in [2.05, 4.69) is 16.0 Å². The van der Waals surface area contributed by atoms with Gasteiger partial charge >= 0.3 is 0 Å². The average molecular weight is 376 g/mol. The average Bonchev–Trinajstić information content (AvgIpc) is 2.69. The molecular weight excluding hydrogens is 348 g/mol. The van der Waals surface area contributed by atoms with Crippen LogP contribution in [0, 0.1) is 0 Å². The van der Waals surface area contributed by atoms with Gasteiger partial charge in [-0.15, -0.1) is 0 Å². The Morgan fingerprint density at radius 1 is 0.852 bits per heavy atom. The van der Waals surface area contributed by atoms with E-state index < -0.39 is 6.10 Å². The Morgan fingerprint density at radius 3 is 2.04 bits per heavy atom. The van der Waals surface area contributed by atoms with Crippen LogP contribution in [0.5, 0.6) is 0 Å². The third kappa shape index (κ3) is 6.30. The van der Waals surface area contributed by atoms with Crippen LogP contribution >= 0.6 is 0 Å². The van der Waals surface area contributed by atoms with E-state index in [0.717, 1.165) is 28.2 Å². The first-order valence-electron chi connectivity index (χ1n) is 8.84. The van der Waals surface area contributed by atoms with Gasteiger partial charge in [-0.3, -0.25) is 0 Å². The minimum atomic E-state index is -0.866. The summed E-state index contributed by atoms with van der Waals surface area (Å²) < 4.78 is 0. The van der Waals surface area contributed by atoms with Crippen LogP contribution in [-0.2, 0) is 0 Å². The molecule has 1 unspecified atom stereocenters. The lowest BCUT2D eigenvalue weighted by Crippen LogP contribution is -2.23. The summed E-state index contributed by atoms with van der Waals surface area (Å²) in [5, 5.41) is 46.2. The second-order valence-electron chi connectivity index (χ2n) is 6.12. The molecule has 0 bridgehead atoms. The molecule has 0 aliphatic carbocycles. The minimum absolute atomic E-state index is 0.00771. The van der Waals surface area contributed by atoms with E-state index in [0.29, 0.717) is 18.8 Å². The van der Waals surface area contributed by atoms with Crippen molar-refractivity contribution in [1.82, 2.24) is 0 Å². The molecule has 2 rings (SSSR count). The number of anilines is 4. The van der Waals surface area contributed by atoms with Crippen LogP contribution in [0.4, 0.5) is 22.7 Å². The molecule has 0 saturated carbocycles. The summed E-state index contributed by atoms with van der Waals surface area (Å²) in [5.74, 6) is 0. The second kappa shape index (κ2) is 10.6. The van der Waals surface area contributed by atoms with Crippen molar-refractivity contribution in [2.45, 2.75) is 6.10 Å². The smallest absolute Gasteiger partial charge is 0.0942 e. The fraction of sp³-hybridized carbons (Fsp3) is 0.368. The molecule has 148 valence electrons. The summed E-state index contributed by atoms with van der Waals surface area (Å²) in [6.45, 7) is 0.710. The quantitative estimate of drug-likeness (QED) is 0.265. The molecular formula is C19H28N4O4. The molecule has 0 aliphatic rings. The maximum atomic E-state index is 9.61. The van der Waals surface area contributed by atoms with Gasteiger partial charge in [-0.05, 0) is 42.0 Å². The molecule has 8 heteroatoms. The van der Waals surface area contributed by atoms with Crippen molar-refractivity contribution in [2.24, 2.45) is 0 Å². The lowest BCUT2D eigenvalue weighted by molar-refractivity contribution is 0.105. The van der Waals surface area contributed by atoms with Gasteiger partial charge in [0.05, 0.1) is 25.9 Å². The van der Waals surface area contributed by atoms with Crippen LogP contribution in [0.2, 0.25) is 0 Å². The monoisotopic (exact) mass is 376 g/mol. The number of benzene rings is 2. The maximum absolute atomic E-state index is 9.61. The lowest BCUT2D eigenvalue weighted by Gasteiger charge is -2.17. The third-order valence-electron chi connectivity index (χ3n) is 3.91. The topological polar surface area (TPSA) is 143 Å². The van der Waals surface area contributed by atoms with Crippen LogP contribution in [0.3, 0.4) is 0 Å². The number of aliphatic hydroxyl groups excluding tert-OH is 4. The first kappa shape index (κ1) is 20.8. The summed E-state index contributed by atoms with van der Waals surface area (Å²) in [5.41, 5.74) is 10.7. The molecule has 2 aromatic carbocycles. The van der Waals surface area contributed by atoms with E-state index in [4.69, 9.17) is 21.1 Å². The Hall–Kier alpha value is -2.52. The van der Waals surface area contributed by atoms with E-state index in [1.165, 1.54) is 0 Å². The molecule has 8 nitrogen and oxygen atoms in total. The molecule has 9 N–H and O–H groups in total. The Morgan fingerprint density at radius 2 is 1.48 bits per heavy atom. The molecule has 2 aromatic rings. The minimum Gasteiger partial charge on any atom is -0.399 e. The predicted octanol–water partition coefficient (Wildman–Crippen LogP) is 0.509. The second-order valence-corrected chi connectivity index (χ2v) is 6.12. The Bertz CT molecular complexity index is 701. The number of nitrogens with two attached hydrogens (primary N) is 1. The van der Waals surface area contributed by atoms with E-state index in [1.807, 2.05) is 30.3 Å². The van der Waals surface area contributed by atoms with E-state index in [1.54, 1.807) is 6.07 Å². The molecule has 27 heavy (non-hydrogen) atoms. The molecule has 0 aromatic heterocycles. The Kier molecular flexibility index (Phi) is 8.15. The van der Waals surface area contributed by atoms with Crippen molar-refractivity contribution in [3.63, 3.8) is 0 Å². The molecule has 0 radical (unpaired) electrons. The fourth-order valence-corrected chi connectivity index (χ4v) is 2.63. The highest BCUT2D eigenvalue weighted by atomic mass is 16.3. The zero-order chi connectivity index (χ0) is 19.6. The summed E-state index contributed by atoms with van der Waals surface area (Å²) in [7, 11) is 0. The van der Waals surface area contributed by atoms with E-state index >= 15 is 0 Å². The Balaban J connectivity index is 2.40. The van der Waals surface area contributed by atoms with Crippen molar-refractivity contribution in [3.8, 4) is 11.1 Å². The molecule has 0 saturated heterocycles. The highest BCUT2D eigenvalue weighted by molar-refractivity contribution is 5.84. The normalized spacial score (nSPS) is 11.9. The molecule has 0 amide bonds. The van der Waals surface area contributed by atoms with Gasteiger partial charge in [0, 0.05) is 47.9 Å². The molecule has 1 atom stereocenters. The van der Waals surface area contributed by atoms with Gasteiger partial charge in [0.15, 0.2) is 0 Å². The number of rotatable bonds is 11. The Labute approximate surface area is 158 Å². The van der Waals surface area contributed by atoms with Crippen molar-refractivity contribution in [3.05, 3.63) is 36.4 Å². The SMILES string of the molecule is Nc1ccc(NCC(O)CO)c(-c2cc(NCCO)cc(NCCO)c2)c1. The first-order chi connectivity index (χ1) is 13.1. The van der Waals surface area contributed by atoms with E-state index in [9.17, 15) is 5.11 Å². The van der Waals surface area contributed by atoms with Gasteiger partial charge in [0.2, 0.25) is 0 Å². The number of hydrogen-bond acceptors (Lipinski definition) is 8. The van der Waals surface area contributed by atoms with Crippen LogP contribution in [0.15, 0.2) is 36.4 Å². The summed E-state index contributed by atoms with van der Waals surface area (Å²) in [4.78, 5) is 0. The van der Waals surface area contributed by atoms with Crippen molar-refractivity contribution in [1.29, 1.82) is 0 Å². The zero-order valence-electron chi connectivity index (χ0n) is 15.2. The molecule has 0 spiro atoms. The highest BCUT2D eigenvalue weighted by Crippen LogP contribution is 2.34. The summed E-state index contributed by atoms with van der Waals surface area (Å²) in [6, 6.07) is 11.2. The van der Waals surface area contributed by atoms with Crippen molar-refractivity contribution >= 4 is 22.7 Å². The fourth-order valence-electron chi connectivity index (χ4n) is 2.63. The highest BCUT2D eigenvalue weighted by Gasteiger charge is 2.10. The van der Waals surface area contributed by atoms with Crippen molar-refractivity contribution < 1.29 is 20.4 Å². The van der Waals surface area contributed by atoms with E-state index in [-0.39, 0.29) is 26.4 Å². The number of aliphatic hydroxyl groups is 4. The van der Waals surface area contributed by atoms with Crippen LogP contribution in [-0.4, -0.2) is 66.0 Å². The van der Waals surface area contributed by atoms with Gasteiger partial charge in [-0.1, -0.05) is 0 Å².